The van der Waals surface area contributed by atoms with E-state index in [4.69, 9.17) is 16.3 Å². The molecule has 0 unspecified atom stereocenters. The first kappa shape index (κ1) is 11.0. The van der Waals surface area contributed by atoms with Crippen LogP contribution >= 0.6 is 11.6 Å². The molecule has 0 N–H and O–H groups in total. The Kier molecular flexibility index (Phi) is 2.60. The summed E-state index contributed by atoms with van der Waals surface area (Å²) in [6.07, 6.45) is 1.40. The first-order chi connectivity index (χ1) is 8.72. The number of hydrogen-bond acceptors (Lipinski definition) is 4. The minimum absolute atomic E-state index is 0.317. The molecule has 0 aliphatic heterocycles. The third-order valence-corrected chi connectivity index (χ3v) is 2.62. The molecule has 3 rings (SSSR count). The van der Waals surface area contributed by atoms with E-state index in [1.807, 2.05) is 31.2 Å². The summed E-state index contributed by atoms with van der Waals surface area (Å²) < 4.78 is 7.21. The fraction of sp³-hybridized carbons (Fsp3) is 0.0833. The minimum atomic E-state index is 0.317. The zero-order valence-corrected chi connectivity index (χ0v) is 10.3. The highest BCUT2D eigenvalue weighted by atomic mass is 35.5. The van der Waals surface area contributed by atoms with E-state index in [0.29, 0.717) is 22.6 Å². The van der Waals surface area contributed by atoms with E-state index in [1.165, 1.54) is 16.4 Å². The Bertz CT molecular complexity index is 693. The summed E-state index contributed by atoms with van der Waals surface area (Å²) in [6.45, 7) is 2.02. The lowest BCUT2D eigenvalue weighted by Gasteiger charge is -2.07. The van der Waals surface area contributed by atoms with Crippen molar-refractivity contribution >= 4 is 17.4 Å². The van der Waals surface area contributed by atoms with Gasteiger partial charge in [0, 0.05) is 6.07 Å². The first-order valence-corrected chi connectivity index (χ1v) is 5.71. The summed E-state index contributed by atoms with van der Waals surface area (Å²) in [6, 6.07) is 9.30. The predicted molar refractivity (Wildman–Crippen MR) is 67.0 cm³/mol. The van der Waals surface area contributed by atoms with E-state index < -0.39 is 0 Å². The molecule has 6 heteroatoms. The summed E-state index contributed by atoms with van der Waals surface area (Å²) in [7, 11) is 0. The highest BCUT2D eigenvalue weighted by molar-refractivity contribution is 6.29. The fourth-order valence-electron chi connectivity index (χ4n) is 1.56. The molecular formula is C12H9ClN4O. The molecule has 0 bridgehead atoms. The molecule has 2 aromatic heterocycles. The SMILES string of the molecule is Cc1ccc(Oc2cc(Cl)nc3ncnn23)cc1. The summed E-state index contributed by atoms with van der Waals surface area (Å²) in [5.74, 6) is 1.59. The second kappa shape index (κ2) is 4.27. The van der Waals surface area contributed by atoms with Crippen molar-refractivity contribution in [1.82, 2.24) is 19.6 Å². The van der Waals surface area contributed by atoms with Gasteiger partial charge in [0.1, 0.15) is 17.2 Å². The maximum atomic E-state index is 5.90. The Labute approximate surface area is 108 Å². The van der Waals surface area contributed by atoms with Crippen LogP contribution in [0.4, 0.5) is 0 Å². The van der Waals surface area contributed by atoms with Gasteiger partial charge >= 0.3 is 0 Å². The van der Waals surface area contributed by atoms with Gasteiger partial charge in [0.05, 0.1) is 0 Å². The Morgan fingerprint density at radius 1 is 1.22 bits per heavy atom. The van der Waals surface area contributed by atoms with E-state index in [-0.39, 0.29) is 0 Å². The summed E-state index contributed by atoms with van der Waals surface area (Å²) in [5.41, 5.74) is 1.17. The number of aromatic nitrogens is 4. The van der Waals surface area contributed by atoms with Crippen molar-refractivity contribution in [2.45, 2.75) is 6.92 Å². The molecule has 0 spiro atoms. The highest BCUT2D eigenvalue weighted by Gasteiger charge is 2.08. The maximum absolute atomic E-state index is 5.90. The number of benzene rings is 1. The van der Waals surface area contributed by atoms with E-state index >= 15 is 0 Å². The van der Waals surface area contributed by atoms with Gasteiger partial charge in [-0.05, 0) is 19.1 Å². The third kappa shape index (κ3) is 2.00. The third-order valence-electron chi connectivity index (χ3n) is 2.43. The molecule has 0 saturated heterocycles. The lowest BCUT2D eigenvalue weighted by Crippen LogP contribution is -1.97. The molecule has 2 heterocycles. The standard InChI is InChI=1S/C12H9ClN4O/c1-8-2-4-9(5-3-8)18-11-6-10(13)16-12-14-7-15-17(11)12/h2-7H,1H3. The van der Waals surface area contributed by atoms with Crippen molar-refractivity contribution in [3.8, 4) is 11.6 Å². The van der Waals surface area contributed by atoms with E-state index in [0.717, 1.165) is 0 Å². The number of rotatable bonds is 2. The van der Waals surface area contributed by atoms with Crippen LogP contribution in [-0.2, 0) is 0 Å². The molecule has 5 nitrogen and oxygen atoms in total. The zero-order chi connectivity index (χ0) is 12.5. The molecule has 0 radical (unpaired) electrons. The van der Waals surface area contributed by atoms with E-state index in [9.17, 15) is 0 Å². The molecule has 90 valence electrons. The number of fused-ring (bicyclic) bond motifs is 1. The van der Waals surface area contributed by atoms with Crippen molar-refractivity contribution in [2.24, 2.45) is 0 Å². The van der Waals surface area contributed by atoms with Crippen LogP contribution in [0.5, 0.6) is 11.6 Å². The average Bonchev–Trinajstić information content (AvgIpc) is 2.80. The van der Waals surface area contributed by atoms with Gasteiger partial charge in [-0.15, -0.1) is 0 Å². The largest absolute Gasteiger partial charge is 0.439 e. The van der Waals surface area contributed by atoms with Gasteiger partial charge in [0.2, 0.25) is 5.88 Å². The topological polar surface area (TPSA) is 52.3 Å². The summed E-state index contributed by atoms with van der Waals surface area (Å²) >= 11 is 5.90. The van der Waals surface area contributed by atoms with Gasteiger partial charge in [-0.25, -0.2) is 0 Å². The molecular weight excluding hydrogens is 252 g/mol. The van der Waals surface area contributed by atoms with E-state index in [1.54, 1.807) is 6.07 Å². The number of aryl methyl sites for hydroxylation is 1. The highest BCUT2D eigenvalue weighted by Crippen LogP contribution is 2.23. The number of halogens is 1. The lowest BCUT2D eigenvalue weighted by atomic mass is 10.2. The Morgan fingerprint density at radius 2 is 2.00 bits per heavy atom. The molecule has 0 atom stereocenters. The monoisotopic (exact) mass is 260 g/mol. The van der Waals surface area contributed by atoms with Gasteiger partial charge in [0.15, 0.2) is 0 Å². The molecule has 3 aromatic rings. The van der Waals surface area contributed by atoms with Gasteiger partial charge in [0.25, 0.3) is 5.78 Å². The van der Waals surface area contributed by atoms with Crippen LogP contribution in [-0.4, -0.2) is 19.6 Å². The van der Waals surface area contributed by atoms with Crippen LogP contribution in [0.25, 0.3) is 5.78 Å². The van der Waals surface area contributed by atoms with Crippen LogP contribution < -0.4 is 4.74 Å². The number of nitrogens with zero attached hydrogens (tertiary/aromatic N) is 4. The summed E-state index contributed by atoms with van der Waals surface area (Å²) in [5, 5.41) is 4.35. The van der Waals surface area contributed by atoms with Crippen molar-refractivity contribution in [1.29, 1.82) is 0 Å². The van der Waals surface area contributed by atoms with Crippen molar-refractivity contribution in [2.75, 3.05) is 0 Å². The van der Waals surface area contributed by atoms with Gasteiger partial charge in [-0.2, -0.15) is 19.6 Å². The number of hydrogen-bond donors (Lipinski definition) is 0. The molecule has 0 fully saturated rings. The quantitative estimate of drug-likeness (QED) is 0.665. The Hall–Kier alpha value is -2.14. The second-order valence-electron chi connectivity index (χ2n) is 3.80. The number of ether oxygens (including phenoxy) is 1. The molecule has 0 aliphatic rings. The van der Waals surface area contributed by atoms with Crippen molar-refractivity contribution in [3.05, 3.63) is 47.4 Å². The molecule has 1 aromatic carbocycles. The van der Waals surface area contributed by atoms with Gasteiger partial charge < -0.3 is 4.74 Å². The van der Waals surface area contributed by atoms with Crippen LogP contribution in [0.1, 0.15) is 5.56 Å². The van der Waals surface area contributed by atoms with Crippen LogP contribution in [0.3, 0.4) is 0 Å². The lowest BCUT2D eigenvalue weighted by molar-refractivity contribution is 0.446. The smallest absolute Gasteiger partial charge is 0.256 e. The molecule has 18 heavy (non-hydrogen) atoms. The Balaban J connectivity index is 2.03. The fourth-order valence-corrected chi connectivity index (χ4v) is 1.73. The molecule has 0 amide bonds. The molecule has 0 aliphatic carbocycles. The summed E-state index contributed by atoms with van der Waals surface area (Å²) in [4.78, 5) is 8.00. The first-order valence-electron chi connectivity index (χ1n) is 5.33. The van der Waals surface area contributed by atoms with Gasteiger partial charge in [-0.3, -0.25) is 0 Å². The van der Waals surface area contributed by atoms with Crippen molar-refractivity contribution in [3.63, 3.8) is 0 Å². The second-order valence-corrected chi connectivity index (χ2v) is 4.19. The average molecular weight is 261 g/mol. The van der Waals surface area contributed by atoms with E-state index in [2.05, 4.69) is 15.1 Å². The predicted octanol–water partition coefficient (Wildman–Crippen LogP) is 2.88. The maximum Gasteiger partial charge on any atom is 0.256 e. The van der Waals surface area contributed by atoms with Crippen molar-refractivity contribution < 1.29 is 4.74 Å². The van der Waals surface area contributed by atoms with Gasteiger partial charge in [-0.1, -0.05) is 29.3 Å². The van der Waals surface area contributed by atoms with Crippen LogP contribution in [0.2, 0.25) is 5.15 Å². The van der Waals surface area contributed by atoms with Crippen LogP contribution in [0.15, 0.2) is 36.7 Å². The van der Waals surface area contributed by atoms with Crippen LogP contribution in [0, 0.1) is 6.92 Å². The Morgan fingerprint density at radius 3 is 2.78 bits per heavy atom. The normalized spacial score (nSPS) is 10.8. The molecule has 0 saturated carbocycles. The minimum Gasteiger partial charge on any atom is -0.439 e. The zero-order valence-electron chi connectivity index (χ0n) is 9.54.